The summed E-state index contributed by atoms with van der Waals surface area (Å²) in [5, 5.41) is 22.9. The first-order chi connectivity index (χ1) is 12.1. The Bertz CT molecular complexity index is 923. The van der Waals surface area contributed by atoms with Gasteiger partial charge < -0.3 is 19.9 Å². The number of carboxylic acid groups (broad SMARTS) is 1. The van der Waals surface area contributed by atoms with Crippen LogP contribution >= 0.6 is 0 Å². The van der Waals surface area contributed by atoms with Gasteiger partial charge in [-0.05, 0) is 37.6 Å². The van der Waals surface area contributed by atoms with Crippen LogP contribution in [0.3, 0.4) is 0 Å². The number of nitrogens with one attached hydrogen (secondary N) is 1. The number of hydrogen-bond acceptors (Lipinski definition) is 4. The van der Waals surface area contributed by atoms with Gasteiger partial charge in [-0.25, -0.2) is 0 Å². The molecule has 25 heavy (non-hydrogen) atoms. The smallest absolute Gasteiger partial charge is 0.318 e. The Morgan fingerprint density at radius 3 is 2.92 bits per heavy atom. The molecule has 1 aromatic carbocycles. The average molecular weight is 340 g/mol. The van der Waals surface area contributed by atoms with Crippen LogP contribution in [0.4, 0.5) is 0 Å². The van der Waals surface area contributed by atoms with E-state index in [0.29, 0.717) is 6.42 Å². The molecule has 3 fully saturated rings. The molecule has 3 aliphatic heterocycles. The third-order valence-corrected chi connectivity index (χ3v) is 7.23. The first-order valence-corrected chi connectivity index (χ1v) is 9.02. The third-order valence-electron chi connectivity index (χ3n) is 7.23. The van der Waals surface area contributed by atoms with Crippen molar-refractivity contribution in [2.75, 3.05) is 19.7 Å². The van der Waals surface area contributed by atoms with E-state index in [2.05, 4.69) is 16.0 Å². The Morgan fingerprint density at radius 1 is 1.28 bits per heavy atom. The fourth-order valence-electron chi connectivity index (χ4n) is 6.21. The topological polar surface area (TPSA) is 85.8 Å². The van der Waals surface area contributed by atoms with Crippen molar-refractivity contribution < 1.29 is 19.7 Å². The normalized spacial score (nSPS) is 43.9. The molecule has 3 unspecified atom stereocenters. The molecule has 6 bridgehead atoms. The van der Waals surface area contributed by atoms with E-state index in [1.54, 1.807) is 0 Å². The fourth-order valence-corrected chi connectivity index (χ4v) is 6.21. The van der Waals surface area contributed by atoms with Crippen LogP contribution in [0.15, 0.2) is 24.3 Å². The van der Waals surface area contributed by atoms with Crippen molar-refractivity contribution in [1.29, 1.82) is 0 Å². The van der Waals surface area contributed by atoms with Crippen molar-refractivity contribution in [1.82, 2.24) is 9.88 Å². The zero-order valence-corrected chi connectivity index (χ0v) is 13.7. The highest BCUT2D eigenvalue weighted by atomic mass is 16.6. The van der Waals surface area contributed by atoms with Crippen molar-refractivity contribution in [2.45, 2.75) is 30.1 Å². The predicted octanol–water partition coefficient (Wildman–Crippen LogP) is 1.61. The van der Waals surface area contributed by atoms with E-state index >= 15 is 0 Å². The van der Waals surface area contributed by atoms with Gasteiger partial charge in [0.25, 0.3) is 0 Å². The van der Waals surface area contributed by atoms with E-state index < -0.39 is 23.1 Å². The second-order valence-corrected chi connectivity index (χ2v) is 7.99. The number of fused-ring (bicyclic) bond motifs is 4. The maximum absolute atomic E-state index is 12.6. The van der Waals surface area contributed by atoms with Crippen LogP contribution in [-0.2, 0) is 14.9 Å². The van der Waals surface area contributed by atoms with E-state index in [-0.39, 0.29) is 18.6 Å². The number of aromatic nitrogens is 1. The number of carbonyl (C=O) groups is 1. The fraction of sp³-hybridized carbons (Fsp3) is 0.526. The number of hydrogen-bond donors (Lipinski definition) is 3. The number of ether oxygens (including phenoxy) is 1. The number of carboxylic acids is 1. The highest BCUT2D eigenvalue weighted by molar-refractivity contribution is 5.91. The first kappa shape index (κ1) is 14.3. The second-order valence-electron chi connectivity index (χ2n) is 7.99. The molecule has 3 saturated heterocycles. The third kappa shape index (κ3) is 1.39. The van der Waals surface area contributed by atoms with Gasteiger partial charge in [-0.1, -0.05) is 18.2 Å². The molecule has 2 aromatic rings. The number of benzene rings is 1. The molecule has 4 aliphatic rings. The van der Waals surface area contributed by atoms with Gasteiger partial charge in [-0.2, -0.15) is 0 Å². The van der Waals surface area contributed by atoms with Crippen LogP contribution in [-0.4, -0.2) is 51.5 Å². The van der Waals surface area contributed by atoms with Crippen molar-refractivity contribution in [3.63, 3.8) is 0 Å². The molecule has 0 amide bonds. The highest BCUT2D eigenvalue weighted by Gasteiger charge is 2.72. The SMILES string of the molecule is O=C(O)[C@@]12COC3(O)C1CCN1CC[C@H]3[C@@H]1c1c2[nH]c2ccccc12. The summed E-state index contributed by atoms with van der Waals surface area (Å²) in [6.07, 6.45) is 1.48. The average Bonchev–Trinajstić information content (AvgIpc) is 3.19. The van der Waals surface area contributed by atoms with Crippen LogP contribution < -0.4 is 0 Å². The van der Waals surface area contributed by atoms with Crippen LogP contribution in [0, 0.1) is 11.8 Å². The quantitative estimate of drug-likeness (QED) is 0.734. The number of para-hydroxylation sites is 1. The Balaban J connectivity index is 1.78. The number of nitrogens with zero attached hydrogens (tertiary/aromatic N) is 1. The minimum Gasteiger partial charge on any atom is -0.480 e. The summed E-state index contributed by atoms with van der Waals surface area (Å²) < 4.78 is 5.93. The van der Waals surface area contributed by atoms with Gasteiger partial charge in [0.1, 0.15) is 5.41 Å². The molecule has 6 heteroatoms. The summed E-state index contributed by atoms with van der Waals surface area (Å²) in [7, 11) is 0. The van der Waals surface area contributed by atoms with Crippen LogP contribution in [0.5, 0.6) is 0 Å². The molecule has 130 valence electrons. The van der Waals surface area contributed by atoms with Gasteiger partial charge >= 0.3 is 5.97 Å². The van der Waals surface area contributed by atoms with E-state index in [0.717, 1.165) is 41.7 Å². The number of aromatic amines is 1. The molecule has 1 aliphatic carbocycles. The van der Waals surface area contributed by atoms with Gasteiger partial charge in [-0.3, -0.25) is 9.69 Å². The molecule has 6 atom stereocenters. The standard InChI is InChI=1S/C19H20N2O4/c22-17(23)18-9-25-19(24)11-5-7-21(8-6-13(18)19)15(11)14-10-3-1-2-4-12(10)20-16(14)18/h1-4,11,13,15,20,24H,5-9H2,(H,22,23)/t11-,13?,15+,18-,19?/m0/s1. The summed E-state index contributed by atoms with van der Waals surface area (Å²) >= 11 is 0. The van der Waals surface area contributed by atoms with Gasteiger partial charge in [0.2, 0.25) is 0 Å². The van der Waals surface area contributed by atoms with E-state index in [9.17, 15) is 15.0 Å². The lowest BCUT2D eigenvalue weighted by atomic mass is 9.69. The highest BCUT2D eigenvalue weighted by Crippen LogP contribution is 2.63. The van der Waals surface area contributed by atoms with Gasteiger partial charge in [0, 0.05) is 34.5 Å². The molecule has 0 spiro atoms. The molecule has 1 aromatic heterocycles. The lowest BCUT2D eigenvalue weighted by Gasteiger charge is -2.36. The zero-order chi connectivity index (χ0) is 17.0. The number of H-pyrrole nitrogens is 1. The Labute approximate surface area is 144 Å². The molecular weight excluding hydrogens is 320 g/mol. The van der Waals surface area contributed by atoms with Gasteiger partial charge in [-0.15, -0.1) is 0 Å². The number of aliphatic carboxylic acids is 1. The summed E-state index contributed by atoms with van der Waals surface area (Å²) in [5.74, 6) is -2.75. The first-order valence-electron chi connectivity index (χ1n) is 9.02. The Hall–Kier alpha value is -1.89. The minimum absolute atomic E-state index is 0.0164. The van der Waals surface area contributed by atoms with Gasteiger partial charge in [0.15, 0.2) is 5.79 Å². The Kier molecular flexibility index (Phi) is 2.43. The summed E-state index contributed by atoms with van der Waals surface area (Å²) in [4.78, 5) is 18.4. The summed E-state index contributed by atoms with van der Waals surface area (Å²) in [6, 6.07) is 8.05. The van der Waals surface area contributed by atoms with Crippen LogP contribution in [0.1, 0.15) is 30.1 Å². The van der Waals surface area contributed by atoms with Crippen molar-refractivity contribution in [3.05, 3.63) is 35.5 Å². The maximum atomic E-state index is 12.6. The summed E-state index contributed by atoms with van der Waals surface area (Å²) in [6.45, 7) is 1.77. The molecule has 4 heterocycles. The van der Waals surface area contributed by atoms with Crippen molar-refractivity contribution >= 4 is 16.9 Å². The molecule has 0 radical (unpaired) electrons. The molecule has 6 rings (SSSR count). The minimum atomic E-state index is -1.35. The number of rotatable bonds is 1. The van der Waals surface area contributed by atoms with Crippen molar-refractivity contribution in [3.8, 4) is 0 Å². The monoisotopic (exact) mass is 340 g/mol. The van der Waals surface area contributed by atoms with Crippen molar-refractivity contribution in [2.24, 2.45) is 11.8 Å². The molecule has 3 N–H and O–H groups in total. The largest absolute Gasteiger partial charge is 0.480 e. The van der Waals surface area contributed by atoms with E-state index in [1.807, 2.05) is 18.2 Å². The second kappa shape index (κ2) is 4.26. The molecule has 6 nitrogen and oxygen atoms in total. The van der Waals surface area contributed by atoms with Gasteiger partial charge in [0.05, 0.1) is 6.61 Å². The summed E-state index contributed by atoms with van der Waals surface area (Å²) in [5.41, 5.74) is 1.60. The molecular formula is C19H20N2O4. The van der Waals surface area contributed by atoms with Crippen LogP contribution in [0.25, 0.3) is 10.9 Å². The van der Waals surface area contributed by atoms with E-state index in [4.69, 9.17) is 4.74 Å². The Morgan fingerprint density at radius 2 is 2.08 bits per heavy atom. The maximum Gasteiger partial charge on any atom is 0.318 e. The number of aliphatic hydroxyl groups is 1. The van der Waals surface area contributed by atoms with E-state index in [1.165, 1.54) is 0 Å². The lowest BCUT2D eigenvalue weighted by molar-refractivity contribution is -0.231. The lowest BCUT2D eigenvalue weighted by Crippen LogP contribution is -2.50. The zero-order valence-electron chi connectivity index (χ0n) is 13.7. The predicted molar refractivity (Wildman–Crippen MR) is 89.0 cm³/mol. The van der Waals surface area contributed by atoms with Crippen LogP contribution in [0.2, 0.25) is 0 Å². The molecule has 0 saturated carbocycles.